The Morgan fingerprint density at radius 2 is 1.94 bits per heavy atom. The number of alkyl halides is 1. The van der Waals surface area contributed by atoms with Gasteiger partial charge in [-0.1, -0.05) is 31.2 Å². The van der Waals surface area contributed by atoms with Gasteiger partial charge < -0.3 is 5.32 Å². The summed E-state index contributed by atoms with van der Waals surface area (Å²) in [6, 6.07) is 12.8. The number of nitrogens with one attached hydrogen (secondary N) is 1. The molecule has 3 heteroatoms. The van der Waals surface area contributed by atoms with Gasteiger partial charge in [0, 0.05) is 23.9 Å². The van der Waals surface area contributed by atoms with Gasteiger partial charge in [-0.05, 0) is 25.0 Å². The van der Waals surface area contributed by atoms with E-state index in [2.05, 4.69) is 42.3 Å². The van der Waals surface area contributed by atoms with Crippen molar-refractivity contribution in [2.75, 3.05) is 5.88 Å². The number of rotatable bonds is 5. The van der Waals surface area contributed by atoms with E-state index in [0.717, 1.165) is 17.8 Å². The second kappa shape index (κ2) is 6.17. The Balaban J connectivity index is 2.04. The summed E-state index contributed by atoms with van der Waals surface area (Å²) in [4.78, 5) is 4.64. The molecule has 18 heavy (non-hydrogen) atoms. The lowest BCUT2D eigenvalue weighted by molar-refractivity contribution is 0.428. The van der Waals surface area contributed by atoms with E-state index < -0.39 is 0 Å². The van der Waals surface area contributed by atoms with E-state index >= 15 is 0 Å². The van der Waals surface area contributed by atoms with Gasteiger partial charge in [-0.3, -0.25) is 4.98 Å². The number of halogens is 1. The van der Waals surface area contributed by atoms with Crippen molar-refractivity contribution in [3.63, 3.8) is 0 Å². The molecule has 2 aromatic rings. The molecule has 0 aliphatic carbocycles. The molecule has 0 aliphatic rings. The molecule has 1 N–H and O–H groups in total. The Hall–Kier alpha value is -1.12. The second-order valence-electron chi connectivity index (χ2n) is 4.80. The van der Waals surface area contributed by atoms with E-state index in [4.69, 9.17) is 11.6 Å². The molecule has 0 saturated carbocycles. The molecule has 1 heterocycles. The first-order valence-corrected chi connectivity index (χ1v) is 6.88. The second-order valence-corrected chi connectivity index (χ2v) is 5.11. The van der Waals surface area contributed by atoms with Crippen molar-refractivity contribution >= 4 is 22.5 Å². The van der Waals surface area contributed by atoms with Gasteiger partial charge in [-0.15, -0.1) is 11.6 Å². The van der Waals surface area contributed by atoms with Crippen molar-refractivity contribution in [3.8, 4) is 0 Å². The SMILES string of the molecule is CC(CCl)C(C)NCc1ccc2ccccc2n1. The monoisotopic (exact) mass is 262 g/mol. The van der Waals surface area contributed by atoms with E-state index in [-0.39, 0.29) is 0 Å². The molecule has 96 valence electrons. The predicted molar refractivity (Wildman–Crippen MR) is 77.9 cm³/mol. The van der Waals surface area contributed by atoms with Gasteiger partial charge in [0.2, 0.25) is 0 Å². The molecule has 0 fully saturated rings. The molecule has 0 radical (unpaired) electrons. The highest BCUT2D eigenvalue weighted by atomic mass is 35.5. The smallest absolute Gasteiger partial charge is 0.0705 e. The third-order valence-electron chi connectivity index (χ3n) is 3.36. The molecule has 2 rings (SSSR count). The first-order valence-electron chi connectivity index (χ1n) is 6.34. The molecular formula is C15H19ClN2. The van der Waals surface area contributed by atoms with Crippen LogP contribution < -0.4 is 5.32 Å². The van der Waals surface area contributed by atoms with Crippen LogP contribution in [-0.4, -0.2) is 16.9 Å². The highest BCUT2D eigenvalue weighted by molar-refractivity contribution is 6.18. The number of benzene rings is 1. The Morgan fingerprint density at radius 3 is 2.72 bits per heavy atom. The molecule has 2 nitrogen and oxygen atoms in total. The number of hydrogen-bond donors (Lipinski definition) is 1. The molecule has 0 bridgehead atoms. The summed E-state index contributed by atoms with van der Waals surface area (Å²) >= 11 is 5.85. The Kier molecular flexibility index (Phi) is 4.56. The first-order chi connectivity index (χ1) is 8.70. The summed E-state index contributed by atoms with van der Waals surface area (Å²) in [5.74, 6) is 1.14. The Morgan fingerprint density at radius 1 is 1.17 bits per heavy atom. The first kappa shape index (κ1) is 13.3. The van der Waals surface area contributed by atoms with Gasteiger partial charge in [-0.25, -0.2) is 0 Å². The minimum atomic E-state index is 0.399. The van der Waals surface area contributed by atoms with Crippen LogP contribution in [0, 0.1) is 5.92 Å². The van der Waals surface area contributed by atoms with Crippen molar-refractivity contribution in [2.45, 2.75) is 26.4 Å². The lowest BCUT2D eigenvalue weighted by atomic mass is 10.1. The maximum absolute atomic E-state index is 5.85. The Labute approximate surface area is 113 Å². The average Bonchev–Trinajstić information content (AvgIpc) is 2.43. The summed E-state index contributed by atoms with van der Waals surface area (Å²) in [5.41, 5.74) is 2.12. The maximum Gasteiger partial charge on any atom is 0.0705 e. The number of aromatic nitrogens is 1. The summed E-state index contributed by atoms with van der Waals surface area (Å²) < 4.78 is 0. The summed E-state index contributed by atoms with van der Waals surface area (Å²) in [6.07, 6.45) is 0. The summed E-state index contributed by atoms with van der Waals surface area (Å²) in [6.45, 7) is 5.10. The molecule has 1 aromatic heterocycles. The summed E-state index contributed by atoms with van der Waals surface area (Å²) in [7, 11) is 0. The number of para-hydroxylation sites is 1. The standard InChI is InChI=1S/C15H19ClN2/c1-11(9-16)12(2)17-10-14-8-7-13-5-3-4-6-15(13)18-14/h3-8,11-12,17H,9-10H2,1-2H3. The van der Waals surface area contributed by atoms with Crippen LogP contribution in [-0.2, 0) is 6.54 Å². The maximum atomic E-state index is 5.85. The van der Waals surface area contributed by atoms with Gasteiger partial charge in [0.25, 0.3) is 0 Å². The topological polar surface area (TPSA) is 24.9 Å². The summed E-state index contributed by atoms with van der Waals surface area (Å²) in [5, 5.41) is 4.65. The van der Waals surface area contributed by atoms with Crippen molar-refractivity contribution in [3.05, 3.63) is 42.1 Å². The minimum Gasteiger partial charge on any atom is -0.308 e. The zero-order valence-corrected chi connectivity index (χ0v) is 11.6. The Bertz CT molecular complexity index is 513. The highest BCUT2D eigenvalue weighted by Gasteiger charge is 2.10. The number of pyridine rings is 1. The highest BCUT2D eigenvalue weighted by Crippen LogP contribution is 2.12. The minimum absolute atomic E-state index is 0.399. The zero-order chi connectivity index (χ0) is 13.0. The van der Waals surface area contributed by atoms with Crippen LogP contribution in [0.5, 0.6) is 0 Å². The molecule has 0 amide bonds. The fraction of sp³-hybridized carbons (Fsp3) is 0.400. The molecule has 2 atom stereocenters. The van der Waals surface area contributed by atoms with E-state index in [0.29, 0.717) is 17.8 Å². The quantitative estimate of drug-likeness (QED) is 0.833. The van der Waals surface area contributed by atoms with E-state index in [1.807, 2.05) is 18.2 Å². The van der Waals surface area contributed by atoms with Crippen molar-refractivity contribution in [1.82, 2.24) is 10.3 Å². The zero-order valence-electron chi connectivity index (χ0n) is 10.9. The molecule has 0 spiro atoms. The molecule has 1 aromatic carbocycles. The van der Waals surface area contributed by atoms with Crippen LogP contribution in [0.25, 0.3) is 10.9 Å². The van der Waals surface area contributed by atoms with Crippen LogP contribution in [0.4, 0.5) is 0 Å². The molecule has 0 aliphatic heterocycles. The molecular weight excluding hydrogens is 244 g/mol. The van der Waals surface area contributed by atoms with Crippen LogP contribution >= 0.6 is 11.6 Å². The fourth-order valence-corrected chi connectivity index (χ4v) is 2.07. The number of hydrogen-bond acceptors (Lipinski definition) is 2. The van der Waals surface area contributed by atoms with Crippen LogP contribution in [0.2, 0.25) is 0 Å². The van der Waals surface area contributed by atoms with Crippen molar-refractivity contribution in [2.24, 2.45) is 5.92 Å². The lowest BCUT2D eigenvalue weighted by Gasteiger charge is -2.18. The van der Waals surface area contributed by atoms with Crippen molar-refractivity contribution in [1.29, 1.82) is 0 Å². The average molecular weight is 263 g/mol. The molecule has 0 saturated heterocycles. The normalized spacial score (nSPS) is 14.6. The van der Waals surface area contributed by atoms with Crippen LogP contribution in [0.1, 0.15) is 19.5 Å². The van der Waals surface area contributed by atoms with E-state index in [1.165, 1.54) is 5.39 Å². The third kappa shape index (κ3) is 3.21. The van der Waals surface area contributed by atoms with Crippen LogP contribution in [0.15, 0.2) is 36.4 Å². The van der Waals surface area contributed by atoms with E-state index in [1.54, 1.807) is 0 Å². The lowest BCUT2D eigenvalue weighted by Crippen LogP contribution is -2.32. The van der Waals surface area contributed by atoms with E-state index in [9.17, 15) is 0 Å². The van der Waals surface area contributed by atoms with Crippen LogP contribution in [0.3, 0.4) is 0 Å². The number of nitrogens with zero attached hydrogens (tertiary/aromatic N) is 1. The van der Waals surface area contributed by atoms with Gasteiger partial charge in [-0.2, -0.15) is 0 Å². The van der Waals surface area contributed by atoms with Gasteiger partial charge in [0.1, 0.15) is 0 Å². The third-order valence-corrected chi connectivity index (χ3v) is 3.84. The van der Waals surface area contributed by atoms with Crippen molar-refractivity contribution < 1.29 is 0 Å². The van der Waals surface area contributed by atoms with Gasteiger partial charge >= 0.3 is 0 Å². The number of fused-ring (bicyclic) bond motifs is 1. The van der Waals surface area contributed by atoms with Gasteiger partial charge in [0.05, 0.1) is 11.2 Å². The molecule has 2 unspecified atom stereocenters. The predicted octanol–water partition coefficient (Wildman–Crippen LogP) is 3.59. The largest absolute Gasteiger partial charge is 0.308 e. The van der Waals surface area contributed by atoms with Gasteiger partial charge in [0.15, 0.2) is 0 Å². The fourth-order valence-electron chi connectivity index (χ4n) is 1.81.